The van der Waals surface area contributed by atoms with Crippen LogP contribution in [0, 0.1) is 5.21 Å². The Bertz CT molecular complexity index is 663. The summed E-state index contributed by atoms with van der Waals surface area (Å²) in [6, 6.07) is 6.44. The highest BCUT2D eigenvalue weighted by Crippen LogP contribution is 2.31. The van der Waals surface area contributed by atoms with Crippen LogP contribution in [0.1, 0.15) is 31.2 Å². The van der Waals surface area contributed by atoms with Crippen LogP contribution in [0.2, 0.25) is 5.02 Å². The van der Waals surface area contributed by atoms with Crippen molar-refractivity contribution in [2.75, 3.05) is 12.8 Å². The lowest BCUT2D eigenvalue weighted by molar-refractivity contribution is -0.849. The topological polar surface area (TPSA) is 86.3 Å². The lowest BCUT2D eigenvalue weighted by Gasteiger charge is -2.49. The maximum absolute atomic E-state index is 13.2. The number of likely N-dealkylation sites (tertiary alicyclic amines) is 1. The van der Waals surface area contributed by atoms with Crippen LogP contribution < -0.4 is 4.72 Å². The average molecular weight is 361 g/mol. The largest absolute Gasteiger partial charge is 0.625 e. The van der Waals surface area contributed by atoms with Gasteiger partial charge in [-0.2, -0.15) is 0 Å². The minimum atomic E-state index is -3.30. The monoisotopic (exact) mass is 360 g/mol. The number of nitrogens with zero attached hydrogens (tertiary/aromatic N) is 1. The molecule has 0 spiro atoms. The first kappa shape index (κ1) is 18.4. The minimum Gasteiger partial charge on any atom is -0.625 e. The van der Waals surface area contributed by atoms with Crippen LogP contribution in [0.5, 0.6) is 0 Å². The maximum Gasteiger partial charge on any atom is 0.314 e. The zero-order valence-corrected chi connectivity index (χ0v) is 14.6. The minimum absolute atomic E-state index is 0.0551. The number of nitrogens with one attached hydrogen (secondary N) is 1. The molecule has 1 N–H and O–H groups in total. The molecule has 1 amide bonds. The fraction of sp³-hybridized carbons (Fsp3) is 0.533. The van der Waals surface area contributed by atoms with Crippen molar-refractivity contribution >= 4 is 27.5 Å². The van der Waals surface area contributed by atoms with Gasteiger partial charge >= 0.3 is 5.91 Å². The summed E-state index contributed by atoms with van der Waals surface area (Å²) in [4.78, 5) is 12.3. The normalized spacial score (nSPS) is 25.5. The van der Waals surface area contributed by atoms with Crippen molar-refractivity contribution in [1.82, 2.24) is 4.72 Å². The Morgan fingerprint density at radius 3 is 2.61 bits per heavy atom. The van der Waals surface area contributed by atoms with Crippen LogP contribution in [0.25, 0.3) is 0 Å². The Morgan fingerprint density at radius 2 is 2.00 bits per heavy atom. The molecule has 1 aromatic rings. The number of carbonyl (C=O) groups excluding carboxylic acids is 1. The van der Waals surface area contributed by atoms with Gasteiger partial charge in [-0.15, -0.1) is 0 Å². The van der Waals surface area contributed by atoms with Gasteiger partial charge in [-0.25, -0.2) is 17.9 Å². The summed E-state index contributed by atoms with van der Waals surface area (Å²) < 4.78 is 23.8. The number of hydroxylamine groups is 3. The third-order valence-electron chi connectivity index (χ3n) is 4.11. The zero-order chi connectivity index (χ0) is 17.1. The summed E-state index contributed by atoms with van der Waals surface area (Å²) in [5.74, 6) is -0.337. The van der Waals surface area contributed by atoms with E-state index in [4.69, 9.17) is 11.6 Å². The molecule has 6 nitrogen and oxygen atoms in total. The standard InChI is InChI=1S/C15H21ClN2O4S/c1-23(21,22)17-10-9-14-3-2-4-15(19)18(14,20)11-12-5-7-13(16)8-6-12/h5-8,14,17H,2-4,9-11H2,1H3. The molecule has 2 unspecified atom stereocenters. The molecule has 0 bridgehead atoms. The predicted molar refractivity (Wildman–Crippen MR) is 88.9 cm³/mol. The molecule has 1 aliphatic rings. The van der Waals surface area contributed by atoms with Gasteiger partial charge in [-0.05, 0) is 18.6 Å². The van der Waals surface area contributed by atoms with Gasteiger partial charge in [-0.1, -0.05) is 23.7 Å². The molecule has 0 radical (unpaired) electrons. The highest BCUT2D eigenvalue weighted by atomic mass is 35.5. The Labute approximate surface area is 141 Å². The Morgan fingerprint density at radius 1 is 1.35 bits per heavy atom. The number of halogens is 1. The maximum atomic E-state index is 13.2. The van der Waals surface area contributed by atoms with Crippen LogP contribution in [0.3, 0.4) is 0 Å². The fourth-order valence-electron chi connectivity index (χ4n) is 2.93. The average Bonchev–Trinajstić information content (AvgIpc) is 2.45. The van der Waals surface area contributed by atoms with E-state index in [0.29, 0.717) is 24.3 Å². The number of rotatable bonds is 6. The summed E-state index contributed by atoms with van der Waals surface area (Å²) in [7, 11) is -3.30. The molecular formula is C15H21ClN2O4S. The van der Waals surface area contributed by atoms with Gasteiger partial charge in [-0.3, -0.25) is 4.65 Å². The second-order valence-corrected chi connectivity index (χ2v) is 8.24. The summed E-state index contributed by atoms with van der Waals surface area (Å²) in [6.07, 6.45) is 2.98. The van der Waals surface area contributed by atoms with E-state index in [-0.39, 0.29) is 25.4 Å². The van der Waals surface area contributed by atoms with E-state index in [0.717, 1.165) is 11.8 Å². The Balaban J connectivity index is 2.11. The van der Waals surface area contributed by atoms with Crippen LogP contribution in [-0.4, -0.2) is 37.8 Å². The number of amides is 1. The number of benzene rings is 1. The van der Waals surface area contributed by atoms with E-state index < -0.39 is 20.7 Å². The lowest BCUT2D eigenvalue weighted by Crippen LogP contribution is -2.57. The van der Waals surface area contributed by atoms with Crippen molar-refractivity contribution in [2.24, 2.45) is 0 Å². The molecule has 0 saturated carbocycles. The van der Waals surface area contributed by atoms with Crippen LogP contribution in [0.15, 0.2) is 24.3 Å². The predicted octanol–water partition coefficient (Wildman–Crippen LogP) is 2.17. The van der Waals surface area contributed by atoms with E-state index in [1.54, 1.807) is 24.3 Å². The van der Waals surface area contributed by atoms with Gasteiger partial charge in [0.25, 0.3) is 0 Å². The first-order chi connectivity index (χ1) is 10.7. The van der Waals surface area contributed by atoms with E-state index in [1.807, 2.05) is 0 Å². The highest BCUT2D eigenvalue weighted by molar-refractivity contribution is 7.88. The number of hydrogen-bond acceptors (Lipinski definition) is 4. The SMILES string of the molecule is CS(=O)(=O)NCCC1CCCC(=O)[N+]1([O-])Cc1ccc(Cl)cc1. The van der Waals surface area contributed by atoms with Crippen LogP contribution in [-0.2, 0) is 21.4 Å². The van der Waals surface area contributed by atoms with Gasteiger partial charge in [0, 0.05) is 30.0 Å². The smallest absolute Gasteiger partial charge is 0.314 e. The fourth-order valence-corrected chi connectivity index (χ4v) is 3.55. The first-order valence-corrected chi connectivity index (χ1v) is 9.79. The van der Waals surface area contributed by atoms with E-state index in [1.165, 1.54) is 0 Å². The van der Waals surface area contributed by atoms with Crippen LogP contribution >= 0.6 is 11.6 Å². The van der Waals surface area contributed by atoms with Crippen molar-refractivity contribution in [3.8, 4) is 0 Å². The molecule has 2 atom stereocenters. The molecular weight excluding hydrogens is 340 g/mol. The van der Waals surface area contributed by atoms with Crippen molar-refractivity contribution in [3.63, 3.8) is 0 Å². The number of sulfonamides is 1. The molecule has 2 rings (SSSR count). The van der Waals surface area contributed by atoms with Crippen molar-refractivity contribution in [2.45, 2.75) is 38.3 Å². The summed E-state index contributed by atoms with van der Waals surface area (Å²) in [6.45, 7) is 0.221. The van der Waals surface area contributed by atoms with Gasteiger partial charge in [0.2, 0.25) is 10.0 Å². The molecule has 128 valence electrons. The Kier molecular flexibility index (Phi) is 5.80. The number of carbonyl (C=O) groups is 1. The molecule has 1 aliphatic heterocycles. The van der Waals surface area contributed by atoms with Gasteiger partial charge < -0.3 is 5.21 Å². The Hall–Kier alpha value is -0.990. The molecule has 0 aliphatic carbocycles. The number of hydrogen-bond donors (Lipinski definition) is 1. The van der Waals surface area contributed by atoms with Gasteiger partial charge in [0.15, 0.2) is 0 Å². The second-order valence-electron chi connectivity index (χ2n) is 5.98. The van der Waals surface area contributed by atoms with E-state index >= 15 is 0 Å². The third-order valence-corrected chi connectivity index (χ3v) is 5.09. The second kappa shape index (κ2) is 7.27. The third kappa shape index (κ3) is 4.99. The zero-order valence-electron chi connectivity index (χ0n) is 13.0. The number of quaternary nitrogens is 1. The van der Waals surface area contributed by atoms with E-state index in [9.17, 15) is 18.4 Å². The van der Waals surface area contributed by atoms with E-state index in [2.05, 4.69) is 4.72 Å². The number of piperidine rings is 1. The van der Waals surface area contributed by atoms with Crippen molar-refractivity contribution in [1.29, 1.82) is 0 Å². The molecule has 0 aromatic heterocycles. The van der Waals surface area contributed by atoms with Crippen LogP contribution in [0.4, 0.5) is 0 Å². The molecule has 1 fully saturated rings. The quantitative estimate of drug-likeness (QED) is 0.622. The van der Waals surface area contributed by atoms with Crippen molar-refractivity contribution in [3.05, 3.63) is 40.1 Å². The molecule has 1 heterocycles. The summed E-state index contributed by atoms with van der Waals surface area (Å²) in [5, 5.41) is 13.7. The van der Waals surface area contributed by atoms with Crippen molar-refractivity contribution < 1.29 is 17.9 Å². The molecule has 8 heteroatoms. The van der Waals surface area contributed by atoms with Gasteiger partial charge in [0.05, 0.1) is 18.7 Å². The molecule has 1 aromatic carbocycles. The summed E-state index contributed by atoms with van der Waals surface area (Å²) in [5.41, 5.74) is 0.751. The molecule has 1 saturated heterocycles. The highest BCUT2D eigenvalue weighted by Gasteiger charge is 2.39. The molecule has 23 heavy (non-hydrogen) atoms. The lowest BCUT2D eigenvalue weighted by atomic mass is 9.97. The van der Waals surface area contributed by atoms with Gasteiger partial charge in [0.1, 0.15) is 6.54 Å². The first-order valence-electron chi connectivity index (χ1n) is 7.52. The summed E-state index contributed by atoms with van der Waals surface area (Å²) >= 11 is 5.84.